The van der Waals surface area contributed by atoms with Crippen LogP contribution in [-0.4, -0.2) is 11.1 Å². The number of urea groups is 1. The van der Waals surface area contributed by atoms with Crippen molar-refractivity contribution in [2.75, 3.05) is 10.6 Å². The third kappa shape index (κ3) is 4.92. The zero-order valence-electron chi connectivity index (χ0n) is 16.2. The van der Waals surface area contributed by atoms with Crippen LogP contribution in [0.4, 0.5) is 16.2 Å². The standard InChI is InChI=1S/C21H27ClN2O2/c1-20(2,3)16-11-15(12-17(18(16)25)21(4,5)6)24-19(26)23-14-9-7-8-13(22)10-14/h7-12,25H,1-6H3,(H2,23,24,26). The number of phenols is 1. The number of carbonyl (C=O) groups is 1. The fourth-order valence-electron chi connectivity index (χ4n) is 2.71. The van der Waals surface area contributed by atoms with E-state index in [1.165, 1.54) is 0 Å². The van der Waals surface area contributed by atoms with Gasteiger partial charge in [0.15, 0.2) is 0 Å². The molecular formula is C21H27ClN2O2. The number of hydrogen-bond donors (Lipinski definition) is 3. The van der Waals surface area contributed by atoms with Gasteiger partial charge in [-0.3, -0.25) is 0 Å². The Hall–Kier alpha value is -2.20. The Kier molecular flexibility index (Phi) is 5.57. The topological polar surface area (TPSA) is 61.4 Å². The Morgan fingerprint density at radius 3 is 1.85 bits per heavy atom. The molecule has 0 heterocycles. The number of aromatic hydroxyl groups is 1. The molecule has 0 atom stereocenters. The summed E-state index contributed by atoms with van der Waals surface area (Å²) in [5, 5.41) is 16.9. The fraction of sp³-hybridized carbons (Fsp3) is 0.381. The number of carbonyl (C=O) groups excluding carboxylic acids is 1. The van der Waals surface area contributed by atoms with E-state index in [9.17, 15) is 9.90 Å². The summed E-state index contributed by atoms with van der Waals surface area (Å²) >= 11 is 5.95. The number of benzene rings is 2. The molecule has 3 N–H and O–H groups in total. The molecule has 0 aliphatic rings. The SMILES string of the molecule is CC(C)(C)c1cc(NC(=O)Nc2cccc(Cl)c2)cc(C(C)(C)C)c1O. The van der Waals surface area contributed by atoms with Crippen molar-refractivity contribution in [3.8, 4) is 5.75 Å². The van der Waals surface area contributed by atoms with Gasteiger partial charge in [0, 0.05) is 27.5 Å². The van der Waals surface area contributed by atoms with E-state index in [0.717, 1.165) is 11.1 Å². The van der Waals surface area contributed by atoms with Crippen molar-refractivity contribution in [3.63, 3.8) is 0 Å². The van der Waals surface area contributed by atoms with Crippen LogP contribution in [0.1, 0.15) is 52.7 Å². The van der Waals surface area contributed by atoms with Crippen LogP contribution in [0, 0.1) is 0 Å². The summed E-state index contributed by atoms with van der Waals surface area (Å²) in [4.78, 5) is 12.4. The van der Waals surface area contributed by atoms with Crippen molar-refractivity contribution in [1.82, 2.24) is 0 Å². The first kappa shape index (κ1) is 20.1. The van der Waals surface area contributed by atoms with Crippen LogP contribution >= 0.6 is 11.6 Å². The lowest BCUT2D eigenvalue weighted by molar-refractivity contribution is 0.262. The Labute approximate surface area is 160 Å². The minimum Gasteiger partial charge on any atom is -0.507 e. The average molecular weight is 375 g/mol. The van der Waals surface area contributed by atoms with E-state index >= 15 is 0 Å². The Bertz CT molecular complexity index is 782. The van der Waals surface area contributed by atoms with Gasteiger partial charge in [-0.25, -0.2) is 4.79 Å². The van der Waals surface area contributed by atoms with Crippen molar-refractivity contribution < 1.29 is 9.90 Å². The lowest BCUT2D eigenvalue weighted by atomic mass is 9.79. The second-order valence-corrected chi connectivity index (χ2v) is 8.95. The first-order valence-electron chi connectivity index (χ1n) is 8.59. The van der Waals surface area contributed by atoms with E-state index in [-0.39, 0.29) is 22.6 Å². The number of anilines is 2. The van der Waals surface area contributed by atoms with Gasteiger partial charge in [-0.2, -0.15) is 0 Å². The van der Waals surface area contributed by atoms with Gasteiger partial charge in [0.05, 0.1) is 0 Å². The molecule has 0 fully saturated rings. The average Bonchev–Trinajstić information content (AvgIpc) is 2.46. The smallest absolute Gasteiger partial charge is 0.323 e. The molecule has 140 valence electrons. The molecule has 2 aromatic rings. The highest BCUT2D eigenvalue weighted by Crippen LogP contribution is 2.41. The predicted molar refractivity (Wildman–Crippen MR) is 110 cm³/mol. The molecule has 0 spiro atoms. The molecule has 2 rings (SSSR count). The zero-order valence-corrected chi connectivity index (χ0v) is 17.0. The number of amides is 2. The molecule has 0 unspecified atom stereocenters. The van der Waals surface area contributed by atoms with E-state index in [4.69, 9.17) is 11.6 Å². The molecule has 0 saturated carbocycles. The number of nitrogens with one attached hydrogen (secondary N) is 2. The van der Waals surface area contributed by atoms with Gasteiger partial charge >= 0.3 is 6.03 Å². The van der Waals surface area contributed by atoms with Crippen molar-refractivity contribution in [1.29, 1.82) is 0 Å². The van der Waals surface area contributed by atoms with Crippen molar-refractivity contribution in [3.05, 3.63) is 52.5 Å². The number of phenolic OH excluding ortho intramolecular Hbond substituents is 1. The normalized spacial score (nSPS) is 12.0. The highest BCUT2D eigenvalue weighted by atomic mass is 35.5. The molecule has 5 heteroatoms. The summed E-state index contributed by atoms with van der Waals surface area (Å²) in [5.74, 6) is 0.283. The second kappa shape index (κ2) is 7.20. The lowest BCUT2D eigenvalue weighted by Gasteiger charge is -2.28. The molecule has 0 radical (unpaired) electrons. The first-order chi connectivity index (χ1) is 11.9. The maximum atomic E-state index is 12.4. The van der Waals surface area contributed by atoms with Gasteiger partial charge in [-0.05, 0) is 41.2 Å². The van der Waals surface area contributed by atoms with E-state index in [0.29, 0.717) is 16.4 Å². The predicted octanol–water partition coefficient (Wildman–Crippen LogP) is 6.28. The van der Waals surface area contributed by atoms with E-state index in [1.807, 2.05) is 53.7 Å². The molecule has 0 saturated heterocycles. The van der Waals surface area contributed by atoms with Crippen LogP contribution in [0.5, 0.6) is 5.75 Å². The molecule has 0 bridgehead atoms. The van der Waals surface area contributed by atoms with Crippen LogP contribution in [0.2, 0.25) is 5.02 Å². The Morgan fingerprint density at radius 2 is 1.38 bits per heavy atom. The van der Waals surface area contributed by atoms with Gasteiger partial charge < -0.3 is 15.7 Å². The van der Waals surface area contributed by atoms with Crippen LogP contribution in [-0.2, 0) is 10.8 Å². The highest BCUT2D eigenvalue weighted by Gasteiger charge is 2.26. The third-order valence-corrected chi connectivity index (χ3v) is 4.30. The molecular weight excluding hydrogens is 348 g/mol. The van der Waals surface area contributed by atoms with Crippen LogP contribution in [0.15, 0.2) is 36.4 Å². The van der Waals surface area contributed by atoms with Crippen molar-refractivity contribution in [2.45, 2.75) is 52.4 Å². The quantitative estimate of drug-likeness (QED) is 0.541. The molecule has 0 aromatic heterocycles. The van der Waals surface area contributed by atoms with Gasteiger partial charge in [-0.15, -0.1) is 0 Å². The Morgan fingerprint density at radius 1 is 0.885 bits per heavy atom. The first-order valence-corrected chi connectivity index (χ1v) is 8.97. The minimum atomic E-state index is -0.363. The van der Waals surface area contributed by atoms with Gasteiger partial charge in [0.1, 0.15) is 5.75 Å². The van der Waals surface area contributed by atoms with Crippen molar-refractivity contribution in [2.24, 2.45) is 0 Å². The number of hydrogen-bond acceptors (Lipinski definition) is 2. The number of halogens is 1. The second-order valence-electron chi connectivity index (χ2n) is 8.51. The van der Waals surface area contributed by atoms with Crippen LogP contribution in [0.25, 0.3) is 0 Å². The monoisotopic (exact) mass is 374 g/mol. The maximum Gasteiger partial charge on any atom is 0.323 e. The molecule has 0 aliphatic carbocycles. The van der Waals surface area contributed by atoms with Gasteiger partial charge in [-0.1, -0.05) is 59.2 Å². The van der Waals surface area contributed by atoms with Crippen LogP contribution in [0.3, 0.4) is 0 Å². The van der Waals surface area contributed by atoms with E-state index in [2.05, 4.69) is 10.6 Å². The summed E-state index contributed by atoms with van der Waals surface area (Å²) in [6.45, 7) is 12.2. The fourth-order valence-corrected chi connectivity index (χ4v) is 2.90. The van der Waals surface area contributed by atoms with E-state index < -0.39 is 0 Å². The van der Waals surface area contributed by atoms with Crippen molar-refractivity contribution >= 4 is 29.0 Å². The molecule has 2 amide bonds. The minimum absolute atomic E-state index is 0.259. The molecule has 4 nitrogen and oxygen atoms in total. The van der Waals surface area contributed by atoms with E-state index in [1.54, 1.807) is 24.3 Å². The summed E-state index contributed by atoms with van der Waals surface area (Å²) in [6, 6.07) is 10.2. The summed E-state index contributed by atoms with van der Waals surface area (Å²) in [7, 11) is 0. The van der Waals surface area contributed by atoms with Gasteiger partial charge in [0.2, 0.25) is 0 Å². The van der Waals surface area contributed by atoms with Crippen LogP contribution < -0.4 is 10.6 Å². The number of rotatable bonds is 2. The third-order valence-electron chi connectivity index (χ3n) is 4.07. The molecule has 0 aliphatic heterocycles. The van der Waals surface area contributed by atoms with Gasteiger partial charge in [0.25, 0.3) is 0 Å². The highest BCUT2D eigenvalue weighted by molar-refractivity contribution is 6.30. The zero-order chi connectivity index (χ0) is 19.7. The Balaban J connectivity index is 2.35. The summed E-state index contributed by atoms with van der Waals surface area (Å²) in [6.07, 6.45) is 0. The lowest BCUT2D eigenvalue weighted by Crippen LogP contribution is -2.22. The molecule has 2 aromatic carbocycles. The summed E-state index contributed by atoms with van der Waals surface area (Å²) in [5.41, 5.74) is 2.32. The largest absolute Gasteiger partial charge is 0.507 e. The molecule has 26 heavy (non-hydrogen) atoms. The summed E-state index contributed by atoms with van der Waals surface area (Å²) < 4.78 is 0. The maximum absolute atomic E-state index is 12.4.